The summed E-state index contributed by atoms with van der Waals surface area (Å²) in [5, 5.41) is 0. The predicted molar refractivity (Wildman–Crippen MR) is 97.7 cm³/mol. The summed E-state index contributed by atoms with van der Waals surface area (Å²) in [6, 6.07) is 12.8. The lowest BCUT2D eigenvalue weighted by Crippen LogP contribution is -2.11. The average molecular weight is 341 g/mol. The molecule has 0 saturated carbocycles. The van der Waals surface area contributed by atoms with E-state index < -0.39 is 0 Å². The van der Waals surface area contributed by atoms with Gasteiger partial charge in [-0.25, -0.2) is 0 Å². The van der Waals surface area contributed by atoms with E-state index in [9.17, 15) is 9.59 Å². The number of carbonyl (C=O) groups excluding carboxylic acids is 2. The number of benzene rings is 2. The Balaban J connectivity index is 1.97. The lowest BCUT2D eigenvalue weighted by atomic mass is 10.1. The van der Waals surface area contributed by atoms with Crippen molar-refractivity contribution in [2.24, 2.45) is 0 Å². The molecule has 0 saturated heterocycles. The summed E-state index contributed by atoms with van der Waals surface area (Å²) in [4.78, 5) is 25.5. The van der Waals surface area contributed by atoms with Gasteiger partial charge in [-0.15, -0.1) is 0 Å². The zero-order valence-corrected chi connectivity index (χ0v) is 15.0. The molecule has 132 valence electrons. The van der Waals surface area contributed by atoms with Gasteiger partial charge in [0, 0.05) is 31.8 Å². The standard InChI is InChI=1S/C20H23NO4/c1-14(22)16-8-11-18(19(13-16)24-4)25-20(23)12-7-15-5-9-17(10-6-15)21(2)3/h5-6,8-11,13H,7,12H2,1-4H3. The Morgan fingerprint density at radius 3 is 2.24 bits per heavy atom. The molecule has 2 rings (SSSR count). The Labute approximate surface area is 148 Å². The van der Waals surface area contributed by atoms with Gasteiger partial charge >= 0.3 is 5.97 Å². The zero-order chi connectivity index (χ0) is 18.4. The number of carbonyl (C=O) groups is 2. The molecule has 0 aliphatic heterocycles. The quantitative estimate of drug-likeness (QED) is 0.438. The van der Waals surface area contributed by atoms with Crippen molar-refractivity contribution in [3.05, 3.63) is 53.6 Å². The molecular formula is C20H23NO4. The van der Waals surface area contributed by atoms with Gasteiger partial charge in [-0.2, -0.15) is 0 Å². The van der Waals surface area contributed by atoms with Crippen molar-refractivity contribution in [3.63, 3.8) is 0 Å². The highest BCUT2D eigenvalue weighted by Crippen LogP contribution is 2.28. The maximum Gasteiger partial charge on any atom is 0.311 e. The Hall–Kier alpha value is -2.82. The van der Waals surface area contributed by atoms with Crippen molar-refractivity contribution < 1.29 is 19.1 Å². The van der Waals surface area contributed by atoms with Crippen molar-refractivity contribution in [1.29, 1.82) is 0 Å². The van der Waals surface area contributed by atoms with Crippen LogP contribution in [0.3, 0.4) is 0 Å². The van der Waals surface area contributed by atoms with Gasteiger partial charge in [0.25, 0.3) is 0 Å². The number of methoxy groups -OCH3 is 1. The third-order valence-corrected chi connectivity index (χ3v) is 3.86. The second-order valence-electron chi connectivity index (χ2n) is 5.96. The van der Waals surface area contributed by atoms with E-state index in [0.717, 1.165) is 11.3 Å². The minimum Gasteiger partial charge on any atom is -0.493 e. The van der Waals surface area contributed by atoms with E-state index in [1.54, 1.807) is 18.2 Å². The largest absolute Gasteiger partial charge is 0.493 e. The van der Waals surface area contributed by atoms with Crippen molar-refractivity contribution in [3.8, 4) is 11.5 Å². The first-order valence-electron chi connectivity index (χ1n) is 8.06. The Morgan fingerprint density at radius 2 is 1.68 bits per heavy atom. The summed E-state index contributed by atoms with van der Waals surface area (Å²) in [5.41, 5.74) is 2.70. The van der Waals surface area contributed by atoms with Crippen molar-refractivity contribution >= 4 is 17.4 Å². The summed E-state index contributed by atoms with van der Waals surface area (Å²) in [6.07, 6.45) is 0.860. The van der Waals surface area contributed by atoms with E-state index in [2.05, 4.69) is 0 Å². The predicted octanol–water partition coefficient (Wildman–Crippen LogP) is 3.50. The first-order valence-corrected chi connectivity index (χ1v) is 8.06. The number of hydrogen-bond acceptors (Lipinski definition) is 5. The lowest BCUT2D eigenvalue weighted by Gasteiger charge is -2.13. The van der Waals surface area contributed by atoms with Gasteiger partial charge in [-0.05, 0) is 49.2 Å². The fourth-order valence-corrected chi connectivity index (χ4v) is 2.35. The van der Waals surface area contributed by atoms with Gasteiger partial charge in [0.2, 0.25) is 0 Å². The summed E-state index contributed by atoms with van der Waals surface area (Å²) in [6.45, 7) is 1.47. The van der Waals surface area contributed by atoms with Crippen LogP contribution < -0.4 is 14.4 Å². The van der Waals surface area contributed by atoms with Crippen molar-refractivity contribution in [1.82, 2.24) is 0 Å². The van der Waals surface area contributed by atoms with E-state index in [-0.39, 0.29) is 18.2 Å². The molecule has 0 N–H and O–H groups in total. The molecule has 0 aliphatic carbocycles. The third kappa shape index (κ3) is 5.08. The summed E-state index contributed by atoms with van der Waals surface area (Å²) >= 11 is 0. The number of esters is 1. The third-order valence-electron chi connectivity index (χ3n) is 3.86. The van der Waals surface area contributed by atoms with Gasteiger partial charge < -0.3 is 14.4 Å². The fraction of sp³-hybridized carbons (Fsp3) is 0.300. The topological polar surface area (TPSA) is 55.8 Å². The SMILES string of the molecule is COc1cc(C(C)=O)ccc1OC(=O)CCc1ccc(N(C)C)cc1. The van der Waals surface area contributed by atoms with Crippen LogP contribution in [-0.2, 0) is 11.2 Å². The van der Waals surface area contributed by atoms with Crippen LogP contribution in [-0.4, -0.2) is 33.0 Å². The number of ketones is 1. The van der Waals surface area contributed by atoms with E-state index in [4.69, 9.17) is 9.47 Å². The highest BCUT2D eigenvalue weighted by Gasteiger charge is 2.12. The molecule has 25 heavy (non-hydrogen) atoms. The van der Waals surface area contributed by atoms with Gasteiger partial charge in [0.15, 0.2) is 17.3 Å². The maximum atomic E-state index is 12.1. The number of hydrogen-bond donors (Lipinski definition) is 0. The fourth-order valence-electron chi connectivity index (χ4n) is 2.35. The molecule has 0 spiro atoms. The summed E-state index contributed by atoms with van der Waals surface area (Å²) < 4.78 is 10.6. The van der Waals surface area contributed by atoms with Crippen molar-refractivity contribution in [2.75, 3.05) is 26.1 Å². The number of aryl methyl sites for hydroxylation is 1. The van der Waals surface area contributed by atoms with Crippen LogP contribution >= 0.6 is 0 Å². The van der Waals surface area contributed by atoms with Crippen LogP contribution in [0, 0.1) is 0 Å². The van der Waals surface area contributed by atoms with E-state index >= 15 is 0 Å². The van der Waals surface area contributed by atoms with Crippen LogP contribution in [0.2, 0.25) is 0 Å². The molecule has 0 unspecified atom stereocenters. The van der Waals surface area contributed by atoms with Gasteiger partial charge in [-0.3, -0.25) is 9.59 Å². The molecule has 0 bridgehead atoms. The number of ether oxygens (including phenoxy) is 2. The molecule has 0 atom stereocenters. The van der Waals surface area contributed by atoms with Crippen LogP contribution in [0.25, 0.3) is 0 Å². The smallest absolute Gasteiger partial charge is 0.311 e. The monoisotopic (exact) mass is 341 g/mol. The van der Waals surface area contributed by atoms with E-state index in [0.29, 0.717) is 23.5 Å². The summed E-state index contributed by atoms with van der Waals surface area (Å²) in [5.74, 6) is 0.278. The zero-order valence-electron chi connectivity index (χ0n) is 15.0. The Kier molecular flexibility index (Phi) is 6.17. The molecule has 2 aromatic rings. The molecule has 0 heterocycles. The molecule has 0 fully saturated rings. The normalized spacial score (nSPS) is 10.2. The molecule has 0 aromatic heterocycles. The van der Waals surface area contributed by atoms with Crippen LogP contribution in [0.15, 0.2) is 42.5 Å². The first-order chi connectivity index (χ1) is 11.9. The molecule has 2 aromatic carbocycles. The van der Waals surface area contributed by atoms with Gasteiger partial charge in [0.1, 0.15) is 0 Å². The number of Topliss-reactive ketones (excluding diaryl/α,β-unsaturated/α-hetero) is 1. The Morgan fingerprint density at radius 1 is 1.00 bits per heavy atom. The highest BCUT2D eigenvalue weighted by molar-refractivity contribution is 5.94. The molecule has 5 heteroatoms. The van der Waals surface area contributed by atoms with E-state index in [1.165, 1.54) is 14.0 Å². The molecule has 5 nitrogen and oxygen atoms in total. The second-order valence-corrected chi connectivity index (χ2v) is 5.96. The minimum absolute atomic E-state index is 0.0719. The lowest BCUT2D eigenvalue weighted by molar-refractivity contribution is -0.134. The molecule has 0 radical (unpaired) electrons. The number of rotatable bonds is 7. The minimum atomic E-state index is -0.342. The molecular weight excluding hydrogens is 318 g/mol. The van der Waals surface area contributed by atoms with Crippen LogP contribution in [0.5, 0.6) is 11.5 Å². The van der Waals surface area contributed by atoms with E-state index in [1.807, 2.05) is 43.3 Å². The summed E-state index contributed by atoms with van der Waals surface area (Å²) in [7, 11) is 5.44. The second kappa shape index (κ2) is 8.33. The van der Waals surface area contributed by atoms with Gasteiger partial charge in [-0.1, -0.05) is 12.1 Å². The number of anilines is 1. The Bertz CT molecular complexity index is 751. The van der Waals surface area contributed by atoms with Crippen LogP contribution in [0.1, 0.15) is 29.3 Å². The maximum absolute atomic E-state index is 12.1. The molecule has 0 aliphatic rings. The molecule has 0 amide bonds. The van der Waals surface area contributed by atoms with Crippen molar-refractivity contribution in [2.45, 2.75) is 19.8 Å². The number of nitrogens with zero attached hydrogens (tertiary/aromatic N) is 1. The van der Waals surface area contributed by atoms with Crippen LogP contribution in [0.4, 0.5) is 5.69 Å². The van der Waals surface area contributed by atoms with Gasteiger partial charge in [0.05, 0.1) is 7.11 Å². The first kappa shape index (κ1) is 18.5. The highest BCUT2D eigenvalue weighted by atomic mass is 16.6. The average Bonchev–Trinajstić information content (AvgIpc) is 2.60.